The lowest BCUT2D eigenvalue weighted by molar-refractivity contribution is -0.115. The van der Waals surface area contributed by atoms with E-state index in [-0.39, 0.29) is 22.7 Å². The summed E-state index contributed by atoms with van der Waals surface area (Å²) in [5, 5.41) is 2.42. The van der Waals surface area contributed by atoms with Crippen LogP contribution in [0.3, 0.4) is 0 Å². The summed E-state index contributed by atoms with van der Waals surface area (Å²) in [6.07, 6.45) is 0. The first kappa shape index (κ1) is 19.1. The van der Waals surface area contributed by atoms with Crippen LogP contribution in [0.15, 0.2) is 72.8 Å². The molecule has 0 radical (unpaired) electrons. The molecule has 0 aromatic heterocycles. The SMILES string of the molecule is O=C(Nc1ccc(C2SCC(=O)N2c2ccc(F)cc2)cc1)c1ccccc1F. The van der Waals surface area contributed by atoms with E-state index < -0.39 is 11.7 Å². The van der Waals surface area contributed by atoms with Gasteiger partial charge in [0.1, 0.15) is 17.0 Å². The molecule has 1 aliphatic rings. The number of rotatable bonds is 4. The van der Waals surface area contributed by atoms with Crippen LogP contribution in [0.2, 0.25) is 0 Å². The predicted octanol–water partition coefficient (Wildman–Crippen LogP) is 5.00. The molecular weight excluding hydrogens is 394 g/mol. The molecule has 4 nitrogen and oxygen atoms in total. The number of carbonyl (C=O) groups is 2. The second kappa shape index (κ2) is 8.05. The van der Waals surface area contributed by atoms with Crippen molar-refractivity contribution >= 4 is 35.0 Å². The van der Waals surface area contributed by atoms with Crippen LogP contribution in [0.1, 0.15) is 21.3 Å². The van der Waals surface area contributed by atoms with Gasteiger partial charge in [0.25, 0.3) is 5.91 Å². The van der Waals surface area contributed by atoms with Crippen LogP contribution in [-0.4, -0.2) is 17.6 Å². The summed E-state index contributed by atoms with van der Waals surface area (Å²) in [5.74, 6) is -1.21. The summed E-state index contributed by atoms with van der Waals surface area (Å²) < 4.78 is 27.0. The van der Waals surface area contributed by atoms with Crippen molar-refractivity contribution in [2.75, 3.05) is 16.0 Å². The largest absolute Gasteiger partial charge is 0.322 e. The first-order valence-electron chi connectivity index (χ1n) is 8.88. The zero-order valence-electron chi connectivity index (χ0n) is 15.1. The summed E-state index contributed by atoms with van der Waals surface area (Å²) in [6, 6.07) is 18.6. The molecule has 7 heteroatoms. The highest BCUT2D eigenvalue weighted by Crippen LogP contribution is 2.41. The minimum absolute atomic E-state index is 0.0315. The first-order valence-corrected chi connectivity index (χ1v) is 9.93. The van der Waals surface area contributed by atoms with Crippen LogP contribution in [-0.2, 0) is 4.79 Å². The van der Waals surface area contributed by atoms with E-state index in [9.17, 15) is 18.4 Å². The lowest BCUT2D eigenvalue weighted by Crippen LogP contribution is -2.27. The zero-order valence-corrected chi connectivity index (χ0v) is 16.0. The molecule has 0 saturated carbocycles. The van der Waals surface area contributed by atoms with Crippen molar-refractivity contribution < 1.29 is 18.4 Å². The number of hydrogen-bond donors (Lipinski definition) is 1. The van der Waals surface area contributed by atoms with Crippen molar-refractivity contribution in [3.63, 3.8) is 0 Å². The molecule has 1 fully saturated rings. The molecule has 3 aromatic carbocycles. The number of anilines is 2. The second-order valence-electron chi connectivity index (χ2n) is 6.46. The van der Waals surface area contributed by atoms with Gasteiger partial charge in [0.05, 0.1) is 11.3 Å². The van der Waals surface area contributed by atoms with E-state index in [1.54, 1.807) is 35.2 Å². The Morgan fingerprint density at radius 1 is 0.966 bits per heavy atom. The fourth-order valence-electron chi connectivity index (χ4n) is 3.13. The van der Waals surface area contributed by atoms with Gasteiger partial charge in [-0.15, -0.1) is 11.8 Å². The van der Waals surface area contributed by atoms with E-state index in [4.69, 9.17) is 0 Å². The fraction of sp³-hybridized carbons (Fsp3) is 0.0909. The number of amides is 2. The molecule has 1 N–H and O–H groups in total. The number of halogens is 2. The van der Waals surface area contributed by atoms with Crippen LogP contribution in [0, 0.1) is 11.6 Å². The van der Waals surface area contributed by atoms with Crippen LogP contribution in [0.5, 0.6) is 0 Å². The zero-order chi connectivity index (χ0) is 20.4. The Kier molecular flexibility index (Phi) is 5.31. The number of carbonyl (C=O) groups excluding carboxylic acids is 2. The van der Waals surface area contributed by atoms with Crippen LogP contribution in [0.4, 0.5) is 20.2 Å². The molecule has 146 valence electrons. The van der Waals surface area contributed by atoms with Crippen molar-refractivity contribution in [1.29, 1.82) is 0 Å². The Labute approximate surface area is 170 Å². The standard InChI is InChI=1S/C22H16F2N2O2S/c23-15-7-11-17(12-8-15)26-20(27)13-29-22(26)14-5-9-16(10-6-14)25-21(28)18-3-1-2-4-19(18)24/h1-12,22H,13H2,(H,25,28). The highest BCUT2D eigenvalue weighted by atomic mass is 32.2. The van der Waals surface area contributed by atoms with Gasteiger partial charge >= 0.3 is 0 Å². The normalized spacial score (nSPS) is 16.1. The van der Waals surface area contributed by atoms with Crippen molar-refractivity contribution in [2.24, 2.45) is 0 Å². The Balaban J connectivity index is 1.52. The molecule has 0 aliphatic carbocycles. The molecule has 1 saturated heterocycles. The monoisotopic (exact) mass is 410 g/mol. The van der Waals surface area contributed by atoms with E-state index in [1.807, 2.05) is 12.1 Å². The minimum Gasteiger partial charge on any atom is -0.322 e. The average molecular weight is 410 g/mol. The fourth-order valence-corrected chi connectivity index (χ4v) is 4.30. The van der Waals surface area contributed by atoms with Crippen LogP contribution in [0.25, 0.3) is 0 Å². The molecule has 3 aromatic rings. The molecule has 4 rings (SSSR count). The maximum absolute atomic E-state index is 13.8. The Morgan fingerprint density at radius 3 is 2.34 bits per heavy atom. The third-order valence-corrected chi connectivity index (χ3v) is 5.76. The summed E-state index contributed by atoms with van der Waals surface area (Å²) in [7, 11) is 0. The third-order valence-electron chi connectivity index (χ3n) is 4.54. The second-order valence-corrected chi connectivity index (χ2v) is 7.53. The predicted molar refractivity (Wildman–Crippen MR) is 110 cm³/mol. The number of thioether (sulfide) groups is 1. The molecule has 1 atom stereocenters. The summed E-state index contributed by atoms with van der Waals surface area (Å²) in [4.78, 5) is 26.2. The maximum atomic E-state index is 13.8. The van der Waals surface area contributed by atoms with E-state index in [0.29, 0.717) is 17.1 Å². The lowest BCUT2D eigenvalue weighted by Gasteiger charge is -2.24. The Morgan fingerprint density at radius 2 is 1.66 bits per heavy atom. The van der Waals surface area contributed by atoms with Gasteiger partial charge in [-0.1, -0.05) is 24.3 Å². The number of benzene rings is 3. The van der Waals surface area contributed by atoms with Gasteiger partial charge < -0.3 is 5.32 Å². The summed E-state index contributed by atoms with van der Waals surface area (Å²) >= 11 is 1.47. The smallest absolute Gasteiger partial charge is 0.258 e. The number of nitrogens with one attached hydrogen (secondary N) is 1. The summed E-state index contributed by atoms with van der Waals surface area (Å²) in [5.41, 5.74) is 1.98. The van der Waals surface area contributed by atoms with Gasteiger partial charge in [-0.2, -0.15) is 0 Å². The Hall–Kier alpha value is -3.19. The highest BCUT2D eigenvalue weighted by Gasteiger charge is 2.34. The van der Waals surface area contributed by atoms with Crippen molar-refractivity contribution in [2.45, 2.75) is 5.37 Å². The van der Waals surface area contributed by atoms with Gasteiger partial charge in [0, 0.05) is 11.4 Å². The topological polar surface area (TPSA) is 49.4 Å². The van der Waals surface area contributed by atoms with E-state index in [2.05, 4.69) is 5.32 Å². The van der Waals surface area contributed by atoms with Crippen LogP contribution >= 0.6 is 11.8 Å². The third kappa shape index (κ3) is 4.00. The van der Waals surface area contributed by atoms with Crippen molar-refractivity contribution in [3.05, 3.63) is 95.6 Å². The van der Waals surface area contributed by atoms with Gasteiger partial charge in [0.15, 0.2) is 0 Å². The average Bonchev–Trinajstić information content (AvgIpc) is 3.11. The van der Waals surface area contributed by atoms with Gasteiger partial charge in [-0.25, -0.2) is 8.78 Å². The van der Waals surface area contributed by atoms with Gasteiger partial charge in [0.2, 0.25) is 5.91 Å². The van der Waals surface area contributed by atoms with Crippen molar-refractivity contribution in [3.8, 4) is 0 Å². The molecule has 1 heterocycles. The van der Waals surface area contributed by atoms with E-state index >= 15 is 0 Å². The van der Waals surface area contributed by atoms with Crippen molar-refractivity contribution in [1.82, 2.24) is 0 Å². The Bertz CT molecular complexity index is 1060. The molecule has 0 bridgehead atoms. The van der Waals surface area contributed by atoms with E-state index in [0.717, 1.165) is 5.56 Å². The quantitative estimate of drug-likeness (QED) is 0.659. The molecule has 2 amide bonds. The first-order chi connectivity index (χ1) is 14.0. The number of nitrogens with zero attached hydrogens (tertiary/aromatic N) is 1. The van der Waals surface area contributed by atoms with Crippen LogP contribution < -0.4 is 10.2 Å². The molecular formula is C22H16F2N2O2S. The number of hydrogen-bond acceptors (Lipinski definition) is 3. The molecule has 0 spiro atoms. The van der Waals surface area contributed by atoms with Gasteiger partial charge in [-0.05, 0) is 54.1 Å². The van der Waals surface area contributed by atoms with E-state index in [1.165, 1.54) is 42.1 Å². The highest BCUT2D eigenvalue weighted by molar-refractivity contribution is 8.00. The maximum Gasteiger partial charge on any atom is 0.258 e. The summed E-state index contributed by atoms with van der Waals surface area (Å²) in [6.45, 7) is 0. The molecule has 29 heavy (non-hydrogen) atoms. The minimum atomic E-state index is -0.586. The molecule has 1 aliphatic heterocycles. The lowest BCUT2D eigenvalue weighted by atomic mass is 10.1. The van der Waals surface area contributed by atoms with Gasteiger partial charge in [-0.3, -0.25) is 14.5 Å². The molecule has 1 unspecified atom stereocenters.